The average Bonchev–Trinajstić information content (AvgIpc) is 3.45. The van der Waals surface area contributed by atoms with Gasteiger partial charge in [-0.1, -0.05) is 19.1 Å². The quantitative estimate of drug-likeness (QED) is 0.661. The number of hydrogen-bond donors (Lipinski definition) is 1. The summed E-state index contributed by atoms with van der Waals surface area (Å²) in [6, 6.07) is 5.94. The van der Waals surface area contributed by atoms with Crippen LogP contribution in [0.4, 0.5) is 0 Å². The van der Waals surface area contributed by atoms with Gasteiger partial charge in [-0.05, 0) is 79.6 Å². The second-order valence-corrected chi connectivity index (χ2v) is 9.54. The molecule has 4 heterocycles. The van der Waals surface area contributed by atoms with Gasteiger partial charge >= 0.3 is 0 Å². The van der Waals surface area contributed by atoms with Crippen LogP contribution < -0.4 is 5.56 Å². The number of aryl methyl sites for hydroxylation is 2. The molecule has 0 unspecified atom stereocenters. The summed E-state index contributed by atoms with van der Waals surface area (Å²) in [4.78, 5) is 19.0. The zero-order valence-corrected chi connectivity index (χ0v) is 19.2. The molecule has 3 aromatic rings. The molecule has 0 radical (unpaired) electrons. The fourth-order valence-electron chi connectivity index (χ4n) is 5.27. The molecular weight excluding hydrogens is 404 g/mol. The maximum atomic E-state index is 13.4. The zero-order chi connectivity index (χ0) is 22.2. The van der Waals surface area contributed by atoms with Gasteiger partial charge in [0.15, 0.2) is 5.82 Å². The van der Waals surface area contributed by atoms with Crippen LogP contribution in [-0.2, 0) is 11.3 Å². The first-order valence-corrected chi connectivity index (χ1v) is 11.8. The number of piperidine rings is 1. The minimum Gasteiger partial charge on any atom is -0.376 e. The number of rotatable bonds is 5. The minimum atomic E-state index is -0.290. The molecule has 8 nitrogen and oxygen atoms in total. The van der Waals surface area contributed by atoms with E-state index in [9.17, 15) is 4.79 Å². The van der Waals surface area contributed by atoms with Gasteiger partial charge in [-0.25, -0.2) is 4.68 Å². The van der Waals surface area contributed by atoms with E-state index in [-0.39, 0.29) is 17.7 Å². The number of nitrogens with zero attached hydrogens (tertiary/aromatic N) is 5. The lowest BCUT2D eigenvalue weighted by atomic mass is 9.95. The van der Waals surface area contributed by atoms with Crippen molar-refractivity contribution in [3.8, 4) is 0 Å². The van der Waals surface area contributed by atoms with Crippen LogP contribution in [0.1, 0.15) is 61.2 Å². The highest BCUT2D eigenvalue weighted by Gasteiger charge is 2.33. The molecule has 32 heavy (non-hydrogen) atoms. The van der Waals surface area contributed by atoms with Gasteiger partial charge in [0.1, 0.15) is 6.04 Å². The van der Waals surface area contributed by atoms with E-state index in [4.69, 9.17) is 4.74 Å². The predicted octanol–water partition coefficient (Wildman–Crippen LogP) is 3.13. The highest BCUT2D eigenvalue weighted by Crippen LogP contribution is 2.32. The number of pyridine rings is 1. The number of benzene rings is 1. The summed E-state index contributed by atoms with van der Waals surface area (Å²) in [7, 11) is 0. The summed E-state index contributed by atoms with van der Waals surface area (Å²) < 4.78 is 7.70. The van der Waals surface area contributed by atoms with E-state index in [0.29, 0.717) is 18.0 Å². The van der Waals surface area contributed by atoms with Gasteiger partial charge in [0.25, 0.3) is 5.56 Å². The van der Waals surface area contributed by atoms with Gasteiger partial charge in [0.05, 0.1) is 18.2 Å². The molecule has 0 aliphatic carbocycles. The monoisotopic (exact) mass is 436 g/mol. The molecule has 3 atom stereocenters. The number of ether oxygens (including phenoxy) is 1. The van der Waals surface area contributed by atoms with Crippen molar-refractivity contribution in [1.82, 2.24) is 30.1 Å². The smallest absolute Gasteiger partial charge is 0.253 e. The second kappa shape index (κ2) is 8.75. The number of nitrogens with one attached hydrogen (secondary N) is 1. The lowest BCUT2D eigenvalue weighted by molar-refractivity contribution is 0.0889. The molecule has 0 amide bonds. The summed E-state index contributed by atoms with van der Waals surface area (Å²) >= 11 is 0. The number of aromatic amines is 1. The third-order valence-electron chi connectivity index (χ3n) is 7.03. The first-order chi connectivity index (χ1) is 15.5. The third-order valence-corrected chi connectivity index (χ3v) is 7.03. The van der Waals surface area contributed by atoms with Crippen molar-refractivity contribution >= 4 is 10.9 Å². The average molecular weight is 437 g/mol. The maximum absolute atomic E-state index is 13.4. The Labute approximate surface area is 188 Å². The van der Waals surface area contributed by atoms with E-state index in [1.807, 2.05) is 11.6 Å². The Balaban J connectivity index is 1.63. The normalized spacial score (nSPS) is 23.1. The largest absolute Gasteiger partial charge is 0.376 e. The zero-order valence-electron chi connectivity index (χ0n) is 19.2. The molecule has 2 aromatic heterocycles. The van der Waals surface area contributed by atoms with Gasteiger partial charge in [0.2, 0.25) is 0 Å². The minimum absolute atomic E-state index is 0.0684. The molecule has 2 aliphatic rings. The van der Waals surface area contributed by atoms with Crippen LogP contribution in [0.15, 0.2) is 23.0 Å². The van der Waals surface area contributed by atoms with Crippen molar-refractivity contribution in [3.05, 3.63) is 51.1 Å². The lowest BCUT2D eigenvalue weighted by Gasteiger charge is -2.36. The standard InChI is InChI=1S/C24H32N6O2/c1-15-6-4-10-29(13-15)22(23-26-27-28-30(23)14-18-7-5-11-32-18)20-12-19-16(2)8-9-17(3)21(19)25-24(20)31/h8-9,12,15,18,22H,4-7,10-11,13-14H2,1-3H3,(H,25,31)/t15-,18+,22-/m0/s1. The van der Waals surface area contributed by atoms with Crippen LogP contribution in [-0.4, -0.2) is 55.9 Å². The van der Waals surface area contributed by atoms with Crippen molar-refractivity contribution < 1.29 is 4.74 Å². The summed E-state index contributed by atoms with van der Waals surface area (Å²) in [6.07, 6.45) is 4.51. The number of hydrogen-bond acceptors (Lipinski definition) is 6. The predicted molar refractivity (Wildman–Crippen MR) is 123 cm³/mol. The molecule has 2 saturated heterocycles. The van der Waals surface area contributed by atoms with Crippen molar-refractivity contribution in [2.75, 3.05) is 19.7 Å². The maximum Gasteiger partial charge on any atom is 0.253 e. The van der Waals surface area contributed by atoms with E-state index in [0.717, 1.165) is 66.8 Å². The SMILES string of the molecule is Cc1ccc(C)c2[nH]c(=O)c([C@@H](c3nnnn3C[C@H]3CCCO3)N3CCC[C@H](C)C3)cc12. The highest BCUT2D eigenvalue weighted by molar-refractivity contribution is 5.85. The Morgan fingerprint density at radius 2 is 2.06 bits per heavy atom. The van der Waals surface area contributed by atoms with Crippen molar-refractivity contribution in [2.24, 2.45) is 5.92 Å². The Morgan fingerprint density at radius 1 is 1.22 bits per heavy atom. The van der Waals surface area contributed by atoms with Gasteiger partial charge in [0, 0.05) is 24.1 Å². The Hall–Kier alpha value is -2.58. The Bertz CT molecular complexity index is 1160. The van der Waals surface area contributed by atoms with Crippen molar-refractivity contribution in [2.45, 2.75) is 65.1 Å². The number of fused-ring (bicyclic) bond motifs is 1. The summed E-state index contributed by atoms with van der Waals surface area (Å²) in [6.45, 7) is 9.64. The van der Waals surface area contributed by atoms with Crippen LogP contribution in [0.2, 0.25) is 0 Å². The topological polar surface area (TPSA) is 88.9 Å². The molecule has 5 rings (SSSR count). The number of H-pyrrole nitrogens is 1. The summed E-state index contributed by atoms with van der Waals surface area (Å²) in [5.74, 6) is 1.29. The number of likely N-dealkylation sites (tertiary alicyclic amines) is 1. The number of tetrazole rings is 1. The van der Waals surface area contributed by atoms with Crippen LogP contribution in [0.5, 0.6) is 0 Å². The summed E-state index contributed by atoms with van der Waals surface area (Å²) in [5, 5.41) is 13.8. The van der Waals surface area contributed by atoms with Crippen molar-refractivity contribution in [3.63, 3.8) is 0 Å². The van der Waals surface area contributed by atoms with Crippen LogP contribution >= 0.6 is 0 Å². The van der Waals surface area contributed by atoms with Crippen LogP contribution in [0, 0.1) is 19.8 Å². The molecular formula is C24H32N6O2. The fourth-order valence-corrected chi connectivity index (χ4v) is 5.27. The highest BCUT2D eigenvalue weighted by atomic mass is 16.5. The van der Waals surface area contributed by atoms with E-state index in [1.165, 1.54) is 6.42 Å². The first kappa shape index (κ1) is 21.3. The molecule has 2 fully saturated rings. The fraction of sp³-hybridized carbons (Fsp3) is 0.583. The van der Waals surface area contributed by atoms with E-state index < -0.39 is 0 Å². The van der Waals surface area contributed by atoms with E-state index in [2.05, 4.69) is 57.5 Å². The van der Waals surface area contributed by atoms with Crippen LogP contribution in [0.3, 0.4) is 0 Å². The molecule has 1 N–H and O–H groups in total. The first-order valence-electron chi connectivity index (χ1n) is 11.8. The molecule has 8 heteroatoms. The van der Waals surface area contributed by atoms with E-state index >= 15 is 0 Å². The second-order valence-electron chi connectivity index (χ2n) is 9.54. The third kappa shape index (κ3) is 3.97. The summed E-state index contributed by atoms with van der Waals surface area (Å²) in [5.41, 5.74) is 3.77. The molecule has 2 aliphatic heterocycles. The number of aromatic nitrogens is 5. The molecule has 1 aromatic carbocycles. The molecule has 170 valence electrons. The van der Waals surface area contributed by atoms with E-state index in [1.54, 1.807) is 0 Å². The van der Waals surface area contributed by atoms with Gasteiger partial charge < -0.3 is 9.72 Å². The van der Waals surface area contributed by atoms with Crippen LogP contribution in [0.25, 0.3) is 10.9 Å². The Kier molecular flexibility index (Phi) is 5.82. The van der Waals surface area contributed by atoms with Gasteiger partial charge in [-0.2, -0.15) is 0 Å². The molecule has 0 bridgehead atoms. The molecule has 0 spiro atoms. The van der Waals surface area contributed by atoms with Crippen molar-refractivity contribution in [1.29, 1.82) is 0 Å². The van der Waals surface area contributed by atoms with Gasteiger partial charge in [-0.3, -0.25) is 9.69 Å². The Morgan fingerprint density at radius 3 is 2.84 bits per heavy atom. The lowest BCUT2D eigenvalue weighted by Crippen LogP contribution is -2.41. The van der Waals surface area contributed by atoms with Gasteiger partial charge in [-0.15, -0.1) is 5.10 Å². The molecule has 0 saturated carbocycles.